The van der Waals surface area contributed by atoms with Gasteiger partial charge >= 0.3 is 5.97 Å². The molecule has 1 aliphatic heterocycles. The first-order chi connectivity index (χ1) is 8.24. The third-order valence-electron chi connectivity index (χ3n) is 2.29. The lowest BCUT2D eigenvalue weighted by Crippen LogP contribution is -1.97. The van der Waals surface area contributed by atoms with Crippen LogP contribution in [0, 0.1) is 0 Å². The Morgan fingerprint density at radius 3 is 2.71 bits per heavy atom. The van der Waals surface area contributed by atoms with Gasteiger partial charge in [-0.1, -0.05) is 0 Å². The van der Waals surface area contributed by atoms with Crippen molar-refractivity contribution in [3.05, 3.63) is 29.5 Å². The maximum Gasteiger partial charge on any atom is 0.363 e. The average molecular weight is 233 g/mol. The normalized spacial score (nSPS) is 16.1. The van der Waals surface area contributed by atoms with Crippen molar-refractivity contribution in [2.75, 3.05) is 14.2 Å². The molecule has 88 valence electrons. The lowest BCUT2D eigenvalue weighted by atomic mass is 10.1. The summed E-state index contributed by atoms with van der Waals surface area (Å²) in [4.78, 5) is 15.0. The van der Waals surface area contributed by atoms with Crippen LogP contribution in [0.25, 0.3) is 6.08 Å². The van der Waals surface area contributed by atoms with E-state index in [1.807, 2.05) is 0 Å². The minimum Gasteiger partial charge on any atom is -0.497 e. The quantitative estimate of drug-likeness (QED) is 0.588. The highest BCUT2D eigenvalue weighted by Crippen LogP contribution is 2.27. The van der Waals surface area contributed by atoms with Gasteiger partial charge in [-0.3, -0.25) is 0 Å². The summed E-state index contributed by atoms with van der Waals surface area (Å²) < 4.78 is 14.9. The first-order valence-corrected chi connectivity index (χ1v) is 4.92. The summed E-state index contributed by atoms with van der Waals surface area (Å²) in [5.41, 5.74) is 0.979. The fourth-order valence-electron chi connectivity index (χ4n) is 1.43. The summed E-state index contributed by atoms with van der Waals surface area (Å²) in [6.45, 7) is 0. The molecule has 0 radical (unpaired) electrons. The molecule has 1 aromatic rings. The molecule has 2 rings (SSSR count). The van der Waals surface area contributed by atoms with Crippen molar-refractivity contribution < 1.29 is 19.0 Å². The molecule has 0 saturated heterocycles. The molecule has 1 heterocycles. The highest BCUT2D eigenvalue weighted by atomic mass is 16.5. The SMILES string of the molecule is COc1ccc(C=C2N=COC2=O)c(OC)c1. The van der Waals surface area contributed by atoms with Gasteiger partial charge < -0.3 is 14.2 Å². The lowest BCUT2D eigenvalue weighted by molar-refractivity contribution is -0.129. The predicted octanol–water partition coefficient (Wildman–Crippen LogP) is 1.63. The van der Waals surface area contributed by atoms with Gasteiger partial charge in [0.2, 0.25) is 0 Å². The largest absolute Gasteiger partial charge is 0.497 e. The summed E-state index contributed by atoms with van der Waals surface area (Å²) in [6.07, 6.45) is 2.72. The van der Waals surface area contributed by atoms with Crippen LogP contribution in [-0.4, -0.2) is 26.6 Å². The minimum atomic E-state index is -0.470. The molecule has 0 bridgehead atoms. The van der Waals surface area contributed by atoms with Gasteiger partial charge in [-0.05, 0) is 18.2 Å². The minimum absolute atomic E-state index is 0.244. The van der Waals surface area contributed by atoms with Crippen molar-refractivity contribution in [1.29, 1.82) is 0 Å². The van der Waals surface area contributed by atoms with Gasteiger partial charge in [-0.25, -0.2) is 9.79 Å². The number of cyclic esters (lactones) is 1. The number of methoxy groups -OCH3 is 2. The smallest absolute Gasteiger partial charge is 0.363 e. The highest BCUT2D eigenvalue weighted by molar-refractivity contribution is 6.01. The molecule has 0 fully saturated rings. The number of carbonyl (C=O) groups is 1. The van der Waals surface area contributed by atoms with Crippen LogP contribution < -0.4 is 9.47 Å². The maximum absolute atomic E-state index is 11.2. The first-order valence-electron chi connectivity index (χ1n) is 4.92. The first kappa shape index (κ1) is 11.2. The van der Waals surface area contributed by atoms with Gasteiger partial charge in [0.25, 0.3) is 0 Å². The number of carbonyl (C=O) groups excluding carboxylic acids is 1. The Balaban J connectivity index is 2.38. The summed E-state index contributed by atoms with van der Waals surface area (Å²) in [7, 11) is 3.12. The van der Waals surface area contributed by atoms with Crippen LogP contribution in [0.3, 0.4) is 0 Å². The van der Waals surface area contributed by atoms with E-state index in [0.29, 0.717) is 11.5 Å². The van der Waals surface area contributed by atoms with Gasteiger partial charge in [0.05, 0.1) is 14.2 Å². The topological polar surface area (TPSA) is 57.1 Å². The number of aliphatic imine (C=N–C) groups is 1. The molecule has 0 atom stereocenters. The van der Waals surface area contributed by atoms with E-state index in [1.165, 1.54) is 0 Å². The van der Waals surface area contributed by atoms with Crippen molar-refractivity contribution in [2.45, 2.75) is 0 Å². The molecule has 1 aromatic carbocycles. The van der Waals surface area contributed by atoms with Crippen molar-refractivity contribution in [2.24, 2.45) is 4.99 Å². The second-order valence-electron chi connectivity index (χ2n) is 3.28. The molecular formula is C12H11NO4. The average Bonchev–Trinajstić information content (AvgIpc) is 2.75. The Labute approximate surface area is 98.3 Å². The number of nitrogens with zero attached hydrogens (tertiary/aromatic N) is 1. The van der Waals surface area contributed by atoms with Crippen LogP contribution in [0.15, 0.2) is 28.9 Å². The number of benzene rings is 1. The zero-order chi connectivity index (χ0) is 12.3. The van der Waals surface area contributed by atoms with Crippen molar-refractivity contribution in [3.8, 4) is 11.5 Å². The van der Waals surface area contributed by atoms with E-state index in [0.717, 1.165) is 12.0 Å². The molecule has 17 heavy (non-hydrogen) atoms. The number of ether oxygens (including phenoxy) is 3. The van der Waals surface area contributed by atoms with Gasteiger partial charge in [0, 0.05) is 11.6 Å². The predicted molar refractivity (Wildman–Crippen MR) is 62.1 cm³/mol. The van der Waals surface area contributed by atoms with Gasteiger partial charge in [-0.2, -0.15) is 0 Å². The number of esters is 1. The highest BCUT2D eigenvalue weighted by Gasteiger charge is 2.15. The molecule has 5 heteroatoms. The molecule has 0 N–H and O–H groups in total. The summed E-state index contributed by atoms with van der Waals surface area (Å²) >= 11 is 0. The lowest BCUT2D eigenvalue weighted by Gasteiger charge is -2.07. The van der Waals surface area contributed by atoms with Crippen molar-refractivity contribution in [3.63, 3.8) is 0 Å². The molecule has 0 saturated carbocycles. The Morgan fingerprint density at radius 1 is 1.29 bits per heavy atom. The zero-order valence-electron chi connectivity index (χ0n) is 9.47. The van der Waals surface area contributed by atoms with Gasteiger partial charge in [-0.15, -0.1) is 0 Å². The molecule has 1 aliphatic rings. The van der Waals surface area contributed by atoms with E-state index < -0.39 is 5.97 Å². The van der Waals surface area contributed by atoms with Crippen LogP contribution in [0.1, 0.15) is 5.56 Å². The third kappa shape index (κ3) is 2.28. The second kappa shape index (κ2) is 4.69. The van der Waals surface area contributed by atoms with Crippen LogP contribution in [0.2, 0.25) is 0 Å². The Morgan fingerprint density at radius 2 is 2.12 bits per heavy atom. The third-order valence-corrected chi connectivity index (χ3v) is 2.29. The zero-order valence-corrected chi connectivity index (χ0v) is 9.47. The fourth-order valence-corrected chi connectivity index (χ4v) is 1.43. The van der Waals surface area contributed by atoms with Crippen LogP contribution in [0.4, 0.5) is 0 Å². The molecular weight excluding hydrogens is 222 g/mol. The molecule has 5 nitrogen and oxygen atoms in total. The van der Waals surface area contributed by atoms with Crippen molar-refractivity contribution >= 4 is 18.4 Å². The Bertz CT molecular complexity index is 505. The number of hydrogen-bond donors (Lipinski definition) is 0. The Hall–Kier alpha value is -2.30. The van der Waals surface area contributed by atoms with E-state index in [4.69, 9.17) is 9.47 Å². The Kier molecular flexibility index (Phi) is 3.09. The van der Waals surface area contributed by atoms with Crippen LogP contribution >= 0.6 is 0 Å². The second-order valence-corrected chi connectivity index (χ2v) is 3.28. The standard InChI is InChI=1S/C12H11NO4/c1-15-9-4-3-8(11(6-9)16-2)5-10-12(14)17-7-13-10/h3-7H,1-2H3. The molecule has 0 spiro atoms. The van der Waals surface area contributed by atoms with E-state index in [2.05, 4.69) is 9.73 Å². The van der Waals surface area contributed by atoms with Gasteiger partial charge in [0.1, 0.15) is 11.5 Å². The molecule has 0 amide bonds. The van der Waals surface area contributed by atoms with E-state index in [-0.39, 0.29) is 5.70 Å². The van der Waals surface area contributed by atoms with E-state index in [9.17, 15) is 4.79 Å². The summed E-state index contributed by atoms with van der Waals surface area (Å²) in [6, 6.07) is 5.29. The summed E-state index contributed by atoms with van der Waals surface area (Å²) in [5, 5.41) is 0. The van der Waals surface area contributed by atoms with Crippen LogP contribution in [-0.2, 0) is 9.53 Å². The monoisotopic (exact) mass is 233 g/mol. The molecule has 0 aliphatic carbocycles. The van der Waals surface area contributed by atoms with Gasteiger partial charge in [0.15, 0.2) is 12.1 Å². The molecule has 0 unspecified atom stereocenters. The molecule has 0 aromatic heterocycles. The van der Waals surface area contributed by atoms with Crippen molar-refractivity contribution in [1.82, 2.24) is 0 Å². The number of rotatable bonds is 3. The maximum atomic E-state index is 11.2. The van der Waals surface area contributed by atoms with Crippen LogP contribution in [0.5, 0.6) is 11.5 Å². The fraction of sp³-hybridized carbons (Fsp3) is 0.167. The van der Waals surface area contributed by atoms with E-state index in [1.54, 1.807) is 38.5 Å². The van der Waals surface area contributed by atoms with E-state index >= 15 is 0 Å². The summed E-state index contributed by atoms with van der Waals surface area (Å²) in [5.74, 6) is 0.816. The number of hydrogen-bond acceptors (Lipinski definition) is 5.